The summed E-state index contributed by atoms with van der Waals surface area (Å²) in [5.41, 5.74) is 0.353. The van der Waals surface area contributed by atoms with Crippen molar-refractivity contribution in [1.29, 1.82) is 0 Å². The molecule has 1 aromatic heterocycles. The molecule has 2 heterocycles. The van der Waals surface area contributed by atoms with Gasteiger partial charge in [0.1, 0.15) is 0 Å². The van der Waals surface area contributed by atoms with Gasteiger partial charge in [-0.2, -0.15) is 0 Å². The Hall–Kier alpha value is -1.36. The quantitative estimate of drug-likeness (QED) is 0.783. The fourth-order valence-electron chi connectivity index (χ4n) is 2.91. The van der Waals surface area contributed by atoms with Crippen LogP contribution in [0, 0.1) is 5.92 Å². The van der Waals surface area contributed by atoms with Crippen LogP contribution in [0.15, 0.2) is 4.42 Å². The first-order chi connectivity index (χ1) is 9.66. The Labute approximate surface area is 126 Å². The Kier molecular flexibility index (Phi) is 4.15. The summed E-state index contributed by atoms with van der Waals surface area (Å²) in [5, 5.41) is 0. The second-order valence-electron chi connectivity index (χ2n) is 6.90. The van der Waals surface area contributed by atoms with E-state index in [0.717, 1.165) is 0 Å². The number of esters is 1. The van der Waals surface area contributed by atoms with Crippen LogP contribution in [-0.2, 0) is 14.9 Å². The van der Waals surface area contributed by atoms with E-state index in [9.17, 15) is 4.79 Å². The molecule has 0 saturated carbocycles. The highest BCUT2D eigenvalue weighted by Crippen LogP contribution is 2.41. The van der Waals surface area contributed by atoms with E-state index in [-0.39, 0.29) is 35.2 Å². The largest absolute Gasteiger partial charge is 0.463 e. The van der Waals surface area contributed by atoms with Crippen molar-refractivity contribution >= 4 is 5.97 Å². The number of hydrogen-bond acceptors (Lipinski definition) is 5. The number of ether oxygens (including phenoxy) is 2. The molecule has 0 amide bonds. The number of carbonyl (C=O) groups excluding carboxylic acids is 1. The predicted octanol–water partition coefficient (Wildman–Crippen LogP) is 3.29. The molecule has 21 heavy (non-hydrogen) atoms. The Morgan fingerprint density at radius 1 is 1.19 bits per heavy atom. The highest BCUT2D eigenvalue weighted by molar-refractivity contribution is 5.87. The monoisotopic (exact) mass is 295 g/mol. The minimum absolute atomic E-state index is 0.0203. The van der Waals surface area contributed by atoms with Crippen LogP contribution in [0.2, 0.25) is 0 Å². The van der Waals surface area contributed by atoms with E-state index in [1.165, 1.54) is 7.11 Å². The van der Waals surface area contributed by atoms with Gasteiger partial charge in [-0.25, -0.2) is 9.78 Å². The van der Waals surface area contributed by atoms with E-state index < -0.39 is 5.97 Å². The number of nitrogens with zero attached hydrogens (tertiary/aromatic N) is 1. The van der Waals surface area contributed by atoms with Crippen LogP contribution in [-0.4, -0.2) is 30.3 Å². The summed E-state index contributed by atoms with van der Waals surface area (Å²) in [7, 11) is 1.35. The van der Waals surface area contributed by atoms with Gasteiger partial charge in [0, 0.05) is 5.41 Å². The SMILES string of the molecule is COC(=O)c1oc(C2C(C)OC(C)C2C)nc1C(C)(C)C. The van der Waals surface area contributed by atoms with Crippen LogP contribution in [0.3, 0.4) is 0 Å². The van der Waals surface area contributed by atoms with Gasteiger partial charge in [0.15, 0.2) is 0 Å². The van der Waals surface area contributed by atoms with E-state index in [0.29, 0.717) is 11.6 Å². The predicted molar refractivity (Wildman–Crippen MR) is 78.5 cm³/mol. The third-order valence-corrected chi connectivity index (χ3v) is 4.25. The number of carbonyl (C=O) groups is 1. The fraction of sp³-hybridized carbons (Fsp3) is 0.750. The normalized spacial score (nSPS) is 29.7. The van der Waals surface area contributed by atoms with Crippen molar-refractivity contribution in [2.24, 2.45) is 5.92 Å². The summed E-state index contributed by atoms with van der Waals surface area (Å²) < 4.78 is 16.5. The van der Waals surface area contributed by atoms with Crippen LogP contribution < -0.4 is 0 Å². The zero-order valence-corrected chi connectivity index (χ0v) is 13.9. The second-order valence-corrected chi connectivity index (χ2v) is 6.90. The number of methoxy groups -OCH3 is 1. The van der Waals surface area contributed by atoms with E-state index >= 15 is 0 Å². The van der Waals surface area contributed by atoms with Gasteiger partial charge in [0.05, 0.1) is 30.9 Å². The molecule has 0 radical (unpaired) electrons. The van der Waals surface area contributed by atoms with Crippen molar-refractivity contribution in [1.82, 2.24) is 4.98 Å². The van der Waals surface area contributed by atoms with Crippen molar-refractivity contribution in [3.05, 3.63) is 17.3 Å². The molecule has 4 unspecified atom stereocenters. The highest BCUT2D eigenvalue weighted by Gasteiger charge is 2.42. The molecule has 5 nitrogen and oxygen atoms in total. The van der Waals surface area contributed by atoms with E-state index in [1.54, 1.807) is 0 Å². The number of aromatic nitrogens is 1. The maximum atomic E-state index is 11.9. The lowest BCUT2D eigenvalue weighted by Gasteiger charge is -2.16. The van der Waals surface area contributed by atoms with Crippen LogP contribution >= 0.6 is 0 Å². The Morgan fingerprint density at radius 3 is 2.24 bits per heavy atom. The fourth-order valence-corrected chi connectivity index (χ4v) is 2.91. The second kappa shape index (κ2) is 5.44. The lowest BCUT2D eigenvalue weighted by atomic mass is 9.89. The summed E-state index contributed by atoms with van der Waals surface area (Å²) >= 11 is 0. The first-order valence-electron chi connectivity index (χ1n) is 7.41. The van der Waals surface area contributed by atoms with Crippen molar-refractivity contribution in [2.75, 3.05) is 7.11 Å². The first-order valence-corrected chi connectivity index (χ1v) is 7.41. The Morgan fingerprint density at radius 2 is 1.81 bits per heavy atom. The molecule has 1 saturated heterocycles. The summed E-state index contributed by atoms with van der Waals surface area (Å²) in [6.45, 7) is 12.2. The smallest absolute Gasteiger partial charge is 0.376 e. The molecule has 0 bridgehead atoms. The third-order valence-electron chi connectivity index (χ3n) is 4.25. The van der Waals surface area contributed by atoms with Crippen LogP contribution in [0.4, 0.5) is 0 Å². The van der Waals surface area contributed by atoms with Crippen LogP contribution in [0.5, 0.6) is 0 Å². The molecule has 0 N–H and O–H groups in total. The summed E-state index contributed by atoms with van der Waals surface area (Å²) in [6, 6.07) is 0. The van der Waals surface area contributed by atoms with E-state index in [4.69, 9.17) is 13.9 Å². The molecule has 1 aliphatic heterocycles. The van der Waals surface area contributed by atoms with Gasteiger partial charge in [-0.3, -0.25) is 0 Å². The van der Waals surface area contributed by atoms with E-state index in [2.05, 4.69) is 18.8 Å². The molecule has 0 spiro atoms. The van der Waals surface area contributed by atoms with Gasteiger partial charge in [0.2, 0.25) is 11.7 Å². The number of oxazole rings is 1. The molecule has 0 aliphatic carbocycles. The number of rotatable bonds is 2. The topological polar surface area (TPSA) is 61.6 Å². The average molecular weight is 295 g/mol. The lowest BCUT2D eigenvalue weighted by Crippen LogP contribution is -2.18. The van der Waals surface area contributed by atoms with Crippen molar-refractivity contribution in [3.63, 3.8) is 0 Å². The van der Waals surface area contributed by atoms with Crippen LogP contribution in [0.25, 0.3) is 0 Å². The molecular formula is C16H25NO4. The van der Waals surface area contributed by atoms with Crippen molar-refractivity contribution in [3.8, 4) is 0 Å². The first kappa shape index (κ1) is 16.0. The molecule has 2 rings (SSSR count). The van der Waals surface area contributed by atoms with Gasteiger partial charge in [-0.05, 0) is 19.8 Å². The van der Waals surface area contributed by atoms with Crippen LogP contribution in [0.1, 0.15) is 69.6 Å². The molecule has 1 fully saturated rings. The van der Waals surface area contributed by atoms with Gasteiger partial charge in [-0.1, -0.05) is 27.7 Å². The van der Waals surface area contributed by atoms with Gasteiger partial charge in [0.25, 0.3) is 0 Å². The number of hydrogen-bond donors (Lipinski definition) is 0. The molecule has 118 valence electrons. The maximum Gasteiger partial charge on any atom is 0.376 e. The Bertz CT molecular complexity index is 529. The highest BCUT2D eigenvalue weighted by atomic mass is 16.5. The molecule has 0 aromatic carbocycles. The zero-order chi connectivity index (χ0) is 15.9. The van der Waals surface area contributed by atoms with Gasteiger partial charge in [-0.15, -0.1) is 0 Å². The summed E-state index contributed by atoms with van der Waals surface area (Å²) in [4.78, 5) is 16.6. The third kappa shape index (κ3) is 2.84. The minimum atomic E-state index is -0.481. The minimum Gasteiger partial charge on any atom is -0.463 e. The van der Waals surface area contributed by atoms with Crippen molar-refractivity contribution < 1.29 is 18.7 Å². The standard InChI is InChI=1S/C16H25NO4/c1-8-9(2)20-10(3)11(8)14-17-13(16(4,5)6)12(21-14)15(18)19-7/h8-11H,1-7H3. The van der Waals surface area contributed by atoms with Gasteiger partial charge < -0.3 is 13.9 Å². The molecule has 5 heteroatoms. The zero-order valence-electron chi connectivity index (χ0n) is 13.9. The van der Waals surface area contributed by atoms with Crippen molar-refractivity contribution in [2.45, 2.75) is 65.1 Å². The summed E-state index contributed by atoms with van der Waals surface area (Å²) in [6.07, 6.45) is 0.170. The molecule has 1 aromatic rings. The molecular weight excluding hydrogens is 270 g/mol. The average Bonchev–Trinajstić information content (AvgIpc) is 2.91. The van der Waals surface area contributed by atoms with E-state index in [1.807, 2.05) is 27.7 Å². The van der Waals surface area contributed by atoms with Gasteiger partial charge >= 0.3 is 5.97 Å². The Balaban J connectivity index is 2.47. The maximum absolute atomic E-state index is 11.9. The lowest BCUT2D eigenvalue weighted by molar-refractivity contribution is 0.0524. The molecule has 1 aliphatic rings. The molecule has 4 atom stereocenters. The summed E-state index contributed by atoms with van der Waals surface area (Å²) in [5.74, 6) is 0.644.